The van der Waals surface area contributed by atoms with Crippen molar-refractivity contribution in [2.75, 3.05) is 5.32 Å². The normalized spacial score (nSPS) is 11.9. The Bertz CT molecular complexity index is 575. The quantitative estimate of drug-likeness (QED) is 0.878. The van der Waals surface area contributed by atoms with E-state index in [1.807, 2.05) is 69.3 Å². The van der Waals surface area contributed by atoms with Gasteiger partial charge in [-0.15, -0.1) is 0 Å². The third kappa shape index (κ3) is 3.22. The van der Waals surface area contributed by atoms with Gasteiger partial charge in [-0.3, -0.25) is 4.79 Å². The summed E-state index contributed by atoms with van der Waals surface area (Å²) in [6.45, 7) is 5.95. The van der Waals surface area contributed by atoms with Gasteiger partial charge >= 0.3 is 0 Å². The van der Waals surface area contributed by atoms with Crippen LogP contribution in [0.3, 0.4) is 0 Å². The molecule has 0 bridgehead atoms. The Morgan fingerprint density at radius 2 is 1.74 bits per heavy atom. The Morgan fingerprint density at radius 3 is 2.42 bits per heavy atom. The molecule has 0 radical (unpaired) electrons. The highest BCUT2D eigenvalue weighted by Gasteiger charge is 2.15. The molecule has 0 fully saturated rings. The van der Waals surface area contributed by atoms with Gasteiger partial charge in [0, 0.05) is 5.69 Å². The zero-order valence-electron chi connectivity index (χ0n) is 11.6. The van der Waals surface area contributed by atoms with Gasteiger partial charge in [0.15, 0.2) is 0 Å². The molecule has 0 aliphatic carbocycles. The average molecular weight is 253 g/mol. The highest BCUT2D eigenvalue weighted by atomic mass is 16.1. The maximum atomic E-state index is 12.3. The molecule has 2 heteroatoms. The molecule has 0 spiro atoms. The van der Waals surface area contributed by atoms with E-state index in [4.69, 9.17) is 0 Å². The number of benzene rings is 2. The van der Waals surface area contributed by atoms with Crippen LogP contribution in [0.25, 0.3) is 0 Å². The molecule has 0 saturated carbocycles. The summed E-state index contributed by atoms with van der Waals surface area (Å²) in [5.74, 6) is -0.124. The number of amides is 1. The van der Waals surface area contributed by atoms with Gasteiger partial charge in [-0.05, 0) is 43.5 Å². The lowest BCUT2D eigenvalue weighted by atomic mass is 10.00. The molecule has 1 unspecified atom stereocenters. The lowest BCUT2D eigenvalue weighted by Crippen LogP contribution is -2.19. The zero-order chi connectivity index (χ0) is 13.8. The number of hydrogen-bond acceptors (Lipinski definition) is 1. The van der Waals surface area contributed by atoms with Crippen LogP contribution < -0.4 is 5.32 Å². The molecule has 0 aromatic heterocycles. The van der Waals surface area contributed by atoms with Crippen molar-refractivity contribution < 1.29 is 4.79 Å². The van der Waals surface area contributed by atoms with Crippen LogP contribution in [-0.4, -0.2) is 5.91 Å². The maximum Gasteiger partial charge on any atom is 0.231 e. The molecule has 98 valence electrons. The largest absolute Gasteiger partial charge is 0.325 e. The summed E-state index contributed by atoms with van der Waals surface area (Å²) in [5, 5.41) is 3.01. The number of aryl methyl sites for hydroxylation is 2. The highest BCUT2D eigenvalue weighted by molar-refractivity contribution is 5.96. The van der Waals surface area contributed by atoms with E-state index in [1.54, 1.807) is 0 Å². The van der Waals surface area contributed by atoms with E-state index in [9.17, 15) is 4.79 Å². The summed E-state index contributed by atoms with van der Waals surface area (Å²) in [5.41, 5.74) is 4.16. The second-order valence-corrected chi connectivity index (χ2v) is 4.94. The summed E-state index contributed by atoms with van der Waals surface area (Å²) >= 11 is 0. The van der Waals surface area contributed by atoms with Crippen LogP contribution in [0, 0.1) is 13.8 Å². The fraction of sp³-hybridized carbons (Fsp3) is 0.235. The molecule has 1 amide bonds. The molecule has 0 heterocycles. The number of nitrogens with one attached hydrogen (secondary N) is 1. The fourth-order valence-electron chi connectivity index (χ4n) is 2.00. The molecular formula is C17H19NO. The van der Waals surface area contributed by atoms with E-state index < -0.39 is 0 Å². The SMILES string of the molecule is Cc1ccc(C)c(NC(=O)C(C)c2ccccc2)c1. The first kappa shape index (κ1) is 13.3. The first-order valence-corrected chi connectivity index (χ1v) is 6.51. The van der Waals surface area contributed by atoms with Crippen molar-refractivity contribution >= 4 is 11.6 Å². The Labute approximate surface area is 114 Å². The molecule has 2 nitrogen and oxygen atoms in total. The predicted molar refractivity (Wildman–Crippen MR) is 79.4 cm³/mol. The average Bonchev–Trinajstić information content (AvgIpc) is 2.43. The third-order valence-electron chi connectivity index (χ3n) is 3.34. The van der Waals surface area contributed by atoms with E-state index in [0.29, 0.717) is 0 Å². The number of rotatable bonds is 3. The van der Waals surface area contributed by atoms with E-state index in [-0.39, 0.29) is 11.8 Å². The summed E-state index contributed by atoms with van der Waals surface area (Å²) in [4.78, 5) is 12.3. The summed E-state index contributed by atoms with van der Waals surface area (Å²) in [6.07, 6.45) is 0. The van der Waals surface area contributed by atoms with Crippen molar-refractivity contribution in [3.63, 3.8) is 0 Å². The second kappa shape index (κ2) is 5.70. The number of anilines is 1. The lowest BCUT2D eigenvalue weighted by molar-refractivity contribution is -0.117. The van der Waals surface area contributed by atoms with Crippen molar-refractivity contribution in [3.8, 4) is 0 Å². The van der Waals surface area contributed by atoms with Crippen molar-refractivity contribution in [3.05, 3.63) is 65.2 Å². The van der Waals surface area contributed by atoms with Crippen molar-refractivity contribution in [1.82, 2.24) is 0 Å². The number of carbonyl (C=O) groups excluding carboxylic acids is 1. The Hall–Kier alpha value is -2.09. The minimum Gasteiger partial charge on any atom is -0.325 e. The molecule has 1 N–H and O–H groups in total. The van der Waals surface area contributed by atoms with E-state index in [1.165, 1.54) is 0 Å². The Kier molecular flexibility index (Phi) is 4.00. The van der Waals surface area contributed by atoms with Gasteiger partial charge in [-0.2, -0.15) is 0 Å². The van der Waals surface area contributed by atoms with Gasteiger partial charge in [0.25, 0.3) is 0 Å². The molecule has 0 aliphatic heterocycles. The molecule has 0 aliphatic rings. The predicted octanol–water partition coefficient (Wildman–Crippen LogP) is 4.05. The van der Waals surface area contributed by atoms with E-state index in [0.717, 1.165) is 22.4 Å². The van der Waals surface area contributed by atoms with Crippen molar-refractivity contribution in [1.29, 1.82) is 0 Å². The number of carbonyl (C=O) groups is 1. The van der Waals surface area contributed by atoms with E-state index >= 15 is 0 Å². The van der Waals surface area contributed by atoms with Gasteiger partial charge in [-0.25, -0.2) is 0 Å². The minimum atomic E-state index is -0.152. The van der Waals surface area contributed by atoms with Crippen LogP contribution in [0.4, 0.5) is 5.69 Å². The van der Waals surface area contributed by atoms with Crippen LogP contribution in [0.15, 0.2) is 48.5 Å². The smallest absolute Gasteiger partial charge is 0.231 e. The lowest BCUT2D eigenvalue weighted by Gasteiger charge is -2.14. The summed E-state index contributed by atoms with van der Waals surface area (Å²) < 4.78 is 0. The first-order chi connectivity index (χ1) is 9.08. The molecule has 2 aromatic rings. The molecule has 2 aromatic carbocycles. The third-order valence-corrected chi connectivity index (χ3v) is 3.34. The fourth-order valence-corrected chi connectivity index (χ4v) is 2.00. The maximum absolute atomic E-state index is 12.3. The molecule has 0 saturated heterocycles. The van der Waals surface area contributed by atoms with E-state index in [2.05, 4.69) is 5.32 Å². The highest BCUT2D eigenvalue weighted by Crippen LogP contribution is 2.20. The zero-order valence-corrected chi connectivity index (χ0v) is 11.6. The monoisotopic (exact) mass is 253 g/mol. The Balaban J connectivity index is 2.15. The molecule has 1 atom stereocenters. The van der Waals surface area contributed by atoms with Gasteiger partial charge in [0.1, 0.15) is 0 Å². The number of hydrogen-bond donors (Lipinski definition) is 1. The van der Waals surface area contributed by atoms with Crippen molar-refractivity contribution in [2.45, 2.75) is 26.7 Å². The standard InChI is InChI=1S/C17H19NO/c1-12-9-10-13(2)16(11-12)18-17(19)14(3)15-7-5-4-6-8-15/h4-11,14H,1-3H3,(H,18,19). The van der Waals surface area contributed by atoms with Crippen molar-refractivity contribution in [2.24, 2.45) is 0 Å². The van der Waals surface area contributed by atoms with Crippen LogP contribution >= 0.6 is 0 Å². The summed E-state index contributed by atoms with van der Waals surface area (Å²) in [7, 11) is 0. The molecule has 2 rings (SSSR count). The molecule has 19 heavy (non-hydrogen) atoms. The Morgan fingerprint density at radius 1 is 1.05 bits per heavy atom. The topological polar surface area (TPSA) is 29.1 Å². The van der Waals surface area contributed by atoms with Crippen LogP contribution in [0.1, 0.15) is 29.5 Å². The van der Waals surface area contributed by atoms with Gasteiger partial charge < -0.3 is 5.32 Å². The summed E-state index contributed by atoms with van der Waals surface area (Å²) in [6, 6.07) is 15.9. The van der Waals surface area contributed by atoms with Gasteiger partial charge in [0.2, 0.25) is 5.91 Å². The van der Waals surface area contributed by atoms with Crippen LogP contribution in [-0.2, 0) is 4.79 Å². The second-order valence-electron chi connectivity index (χ2n) is 4.94. The van der Waals surface area contributed by atoms with Gasteiger partial charge in [0.05, 0.1) is 5.92 Å². The minimum absolute atomic E-state index is 0.0277. The van der Waals surface area contributed by atoms with Gasteiger partial charge in [-0.1, -0.05) is 42.5 Å². The first-order valence-electron chi connectivity index (χ1n) is 6.51. The van der Waals surface area contributed by atoms with Crippen LogP contribution in [0.2, 0.25) is 0 Å². The molecular weight excluding hydrogens is 234 g/mol. The van der Waals surface area contributed by atoms with Crippen LogP contribution in [0.5, 0.6) is 0 Å².